The zero-order chi connectivity index (χ0) is 21.7. The molecule has 0 unspecified atom stereocenters. The van der Waals surface area contributed by atoms with Crippen LogP contribution in [0.2, 0.25) is 5.02 Å². The molecule has 0 aliphatic carbocycles. The fourth-order valence-corrected chi connectivity index (χ4v) is 3.45. The van der Waals surface area contributed by atoms with Crippen LogP contribution in [0.25, 0.3) is 0 Å². The molecule has 3 aromatic carbocycles. The van der Waals surface area contributed by atoms with Crippen LogP contribution in [-0.2, 0) is 6.54 Å². The van der Waals surface area contributed by atoms with Gasteiger partial charge in [-0.15, -0.1) is 0 Å². The molecule has 0 atom stereocenters. The second kappa shape index (κ2) is 9.68. The molecule has 156 valence electrons. The minimum atomic E-state index is -0.0835. The van der Waals surface area contributed by atoms with Gasteiger partial charge in [0.1, 0.15) is 0 Å². The third-order valence-corrected chi connectivity index (χ3v) is 5.21. The maximum absolute atomic E-state index is 13.3. The van der Waals surface area contributed by atoms with Crippen LogP contribution in [0.5, 0.6) is 11.5 Å². The predicted molar refractivity (Wildman–Crippen MR) is 122 cm³/mol. The van der Waals surface area contributed by atoms with E-state index in [1.807, 2.05) is 48.5 Å². The van der Waals surface area contributed by atoms with E-state index in [1.165, 1.54) is 5.56 Å². The number of ether oxygens (including phenoxy) is 2. The highest BCUT2D eigenvalue weighted by Gasteiger charge is 2.19. The lowest BCUT2D eigenvalue weighted by Gasteiger charge is -2.16. The number of hydrogen-bond donors (Lipinski definition) is 1. The van der Waals surface area contributed by atoms with E-state index in [1.54, 1.807) is 26.4 Å². The van der Waals surface area contributed by atoms with Gasteiger partial charge in [0.2, 0.25) is 0 Å². The average Bonchev–Trinajstić information content (AvgIpc) is 2.76. The molecule has 0 radical (unpaired) electrons. The summed E-state index contributed by atoms with van der Waals surface area (Å²) in [6, 6.07) is 18.8. The van der Waals surface area contributed by atoms with Crippen molar-refractivity contribution in [1.82, 2.24) is 0 Å². The fourth-order valence-electron chi connectivity index (χ4n) is 3.23. The number of ketones is 1. The van der Waals surface area contributed by atoms with Gasteiger partial charge in [-0.3, -0.25) is 4.79 Å². The molecule has 0 aliphatic heterocycles. The van der Waals surface area contributed by atoms with E-state index < -0.39 is 0 Å². The summed E-state index contributed by atoms with van der Waals surface area (Å²) in [7, 11) is 3.13. The highest BCUT2D eigenvalue weighted by Crippen LogP contribution is 2.35. The molecule has 0 bridgehead atoms. The maximum Gasteiger partial charge on any atom is 0.195 e. The van der Waals surface area contributed by atoms with Gasteiger partial charge >= 0.3 is 0 Å². The van der Waals surface area contributed by atoms with Crippen LogP contribution in [0, 0.1) is 0 Å². The van der Waals surface area contributed by atoms with Gasteiger partial charge in [-0.1, -0.05) is 61.8 Å². The van der Waals surface area contributed by atoms with E-state index in [9.17, 15) is 4.79 Å². The van der Waals surface area contributed by atoms with E-state index in [2.05, 4.69) is 19.2 Å². The van der Waals surface area contributed by atoms with Crippen molar-refractivity contribution in [3.05, 3.63) is 87.9 Å². The average molecular weight is 424 g/mol. The van der Waals surface area contributed by atoms with Crippen LogP contribution >= 0.6 is 11.6 Å². The van der Waals surface area contributed by atoms with Crippen LogP contribution < -0.4 is 14.8 Å². The van der Waals surface area contributed by atoms with Gasteiger partial charge in [0.25, 0.3) is 0 Å². The summed E-state index contributed by atoms with van der Waals surface area (Å²) in [6.45, 7) is 4.77. The van der Waals surface area contributed by atoms with Crippen molar-refractivity contribution in [1.29, 1.82) is 0 Å². The first-order valence-corrected chi connectivity index (χ1v) is 10.2. The van der Waals surface area contributed by atoms with Crippen molar-refractivity contribution < 1.29 is 14.3 Å². The Labute approximate surface area is 182 Å². The molecule has 1 N–H and O–H groups in total. The van der Waals surface area contributed by atoms with Gasteiger partial charge in [0.05, 0.1) is 14.2 Å². The molecule has 0 spiro atoms. The van der Waals surface area contributed by atoms with Gasteiger partial charge < -0.3 is 14.8 Å². The molecule has 0 amide bonds. The number of carbonyl (C=O) groups is 1. The van der Waals surface area contributed by atoms with Crippen molar-refractivity contribution >= 4 is 23.1 Å². The molecule has 4 nitrogen and oxygen atoms in total. The first-order chi connectivity index (χ1) is 14.4. The Kier molecular flexibility index (Phi) is 7.01. The summed E-state index contributed by atoms with van der Waals surface area (Å²) in [5, 5.41) is 4.02. The lowest BCUT2D eigenvalue weighted by Crippen LogP contribution is -2.09. The summed E-state index contributed by atoms with van der Waals surface area (Å²) in [5.74, 6) is 1.38. The van der Waals surface area contributed by atoms with E-state index in [0.717, 1.165) is 5.56 Å². The maximum atomic E-state index is 13.3. The summed E-state index contributed by atoms with van der Waals surface area (Å²) < 4.78 is 10.9. The number of anilines is 1. The van der Waals surface area contributed by atoms with E-state index in [-0.39, 0.29) is 5.78 Å². The molecule has 0 aliphatic rings. The molecular weight excluding hydrogens is 398 g/mol. The van der Waals surface area contributed by atoms with Crippen LogP contribution in [-0.4, -0.2) is 20.0 Å². The number of nitrogens with one attached hydrogen (secondary N) is 1. The van der Waals surface area contributed by atoms with Crippen LogP contribution in [0.1, 0.15) is 46.8 Å². The first kappa shape index (κ1) is 21.7. The normalized spacial score (nSPS) is 10.7. The third kappa shape index (κ3) is 4.95. The number of carbonyl (C=O) groups excluding carboxylic acids is 1. The molecule has 30 heavy (non-hydrogen) atoms. The molecule has 3 aromatic rings. The van der Waals surface area contributed by atoms with Gasteiger partial charge in [0, 0.05) is 34.4 Å². The molecule has 0 fully saturated rings. The smallest absolute Gasteiger partial charge is 0.195 e. The van der Waals surface area contributed by atoms with E-state index in [4.69, 9.17) is 21.1 Å². The monoisotopic (exact) mass is 423 g/mol. The van der Waals surface area contributed by atoms with Crippen LogP contribution in [0.4, 0.5) is 5.69 Å². The minimum absolute atomic E-state index is 0.0835. The van der Waals surface area contributed by atoms with Crippen molar-refractivity contribution in [3.8, 4) is 11.5 Å². The van der Waals surface area contributed by atoms with Crippen molar-refractivity contribution in [2.45, 2.75) is 26.3 Å². The second-order valence-electron chi connectivity index (χ2n) is 7.34. The standard InChI is InChI=1S/C25H26ClNO3/c1-16(2)18-8-10-19(11-9-18)25(28)21-13-23(29-3)24(30-4)14-22(21)27-15-17-6-5-7-20(26)12-17/h5-14,16,27H,15H2,1-4H3. The zero-order valence-corrected chi connectivity index (χ0v) is 18.4. The number of methoxy groups -OCH3 is 2. The first-order valence-electron chi connectivity index (χ1n) is 9.82. The SMILES string of the molecule is COc1cc(NCc2cccc(Cl)c2)c(C(=O)c2ccc(C(C)C)cc2)cc1OC. The van der Waals surface area contributed by atoms with E-state index >= 15 is 0 Å². The number of halogens is 1. The second-order valence-corrected chi connectivity index (χ2v) is 7.78. The highest BCUT2D eigenvalue weighted by molar-refractivity contribution is 6.30. The highest BCUT2D eigenvalue weighted by atomic mass is 35.5. The number of rotatable bonds is 8. The fraction of sp³-hybridized carbons (Fsp3) is 0.240. The summed E-state index contributed by atoms with van der Waals surface area (Å²) in [5.41, 5.74) is 4.02. The van der Waals surface area contributed by atoms with E-state index in [0.29, 0.717) is 45.8 Å². The zero-order valence-electron chi connectivity index (χ0n) is 17.7. The Balaban J connectivity index is 1.97. The molecule has 0 heterocycles. The summed E-state index contributed by atoms with van der Waals surface area (Å²) >= 11 is 6.09. The van der Waals surface area contributed by atoms with Crippen molar-refractivity contribution in [3.63, 3.8) is 0 Å². The molecule has 0 aromatic heterocycles. The quantitative estimate of drug-likeness (QED) is 0.430. The Bertz CT molecular complexity index is 1030. The van der Waals surface area contributed by atoms with Crippen molar-refractivity contribution in [2.75, 3.05) is 19.5 Å². The minimum Gasteiger partial charge on any atom is -0.493 e. The molecule has 3 rings (SSSR count). The lowest BCUT2D eigenvalue weighted by molar-refractivity contribution is 0.103. The number of benzene rings is 3. The molecule has 0 saturated carbocycles. The van der Waals surface area contributed by atoms with Crippen molar-refractivity contribution in [2.24, 2.45) is 0 Å². The molecular formula is C25H26ClNO3. The Morgan fingerprint density at radius 3 is 2.23 bits per heavy atom. The van der Waals surface area contributed by atoms with Gasteiger partial charge in [-0.2, -0.15) is 0 Å². The topological polar surface area (TPSA) is 47.6 Å². The van der Waals surface area contributed by atoms with Crippen LogP contribution in [0.3, 0.4) is 0 Å². The van der Waals surface area contributed by atoms with Crippen LogP contribution in [0.15, 0.2) is 60.7 Å². The molecule has 5 heteroatoms. The molecule has 0 saturated heterocycles. The summed E-state index contributed by atoms with van der Waals surface area (Å²) in [4.78, 5) is 13.3. The number of hydrogen-bond acceptors (Lipinski definition) is 4. The third-order valence-electron chi connectivity index (χ3n) is 4.98. The van der Waals surface area contributed by atoms with Gasteiger partial charge in [-0.05, 0) is 35.2 Å². The Morgan fingerprint density at radius 2 is 1.63 bits per heavy atom. The summed E-state index contributed by atoms with van der Waals surface area (Å²) in [6.07, 6.45) is 0. The predicted octanol–water partition coefficient (Wildman–Crippen LogP) is 6.32. The Morgan fingerprint density at radius 1 is 0.967 bits per heavy atom. The van der Waals surface area contributed by atoms with Gasteiger partial charge in [-0.25, -0.2) is 0 Å². The van der Waals surface area contributed by atoms with Gasteiger partial charge in [0.15, 0.2) is 17.3 Å². The Hall–Kier alpha value is -2.98. The lowest BCUT2D eigenvalue weighted by atomic mass is 9.97. The largest absolute Gasteiger partial charge is 0.493 e.